The highest BCUT2D eigenvalue weighted by atomic mass is 32.1. The highest BCUT2D eigenvalue weighted by molar-refractivity contribution is 7.80. The molecule has 0 radical (unpaired) electrons. The average Bonchev–Trinajstić information content (AvgIpc) is 2.60. The van der Waals surface area contributed by atoms with Crippen molar-refractivity contribution >= 4 is 29.3 Å². The maximum Gasteiger partial charge on any atom is 0.250 e. The Morgan fingerprint density at radius 3 is 2.50 bits per heavy atom. The molecule has 4 nitrogen and oxygen atoms in total. The van der Waals surface area contributed by atoms with Crippen molar-refractivity contribution in [2.75, 3.05) is 6.61 Å². The molecule has 2 aromatic rings. The molecule has 0 unspecified atom stereocenters. The number of hydrogen-bond donors (Lipinski definition) is 2. The van der Waals surface area contributed by atoms with Gasteiger partial charge in [0.15, 0.2) is 5.11 Å². The molecule has 0 aliphatic carbocycles. The van der Waals surface area contributed by atoms with Crippen molar-refractivity contribution in [1.29, 1.82) is 0 Å². The van der Waals surface area contributed by atoms with Crippen LogP contribution in [0.15, 0.2) is 60.7 Å². The van der Waals surface area contributed by atoms with E-state index in [1.165, 1.54) is 6.08 Å². The molecule has 0 aliphatic rings. The summed E-state index contributed by atoms with van der Waals surface area (Å²) in [6.45, 7) is 3.14. The number of rotatable bonds is 6. The fourth-order valence-corrected chi connectivity index (χ4v) is 2.16. The Hall–Kier alpha value is -2.66. The van der Waals surface area contributed by atoms with E-state index in [2.05, 4.69) is 10.6 Å². The van der Waals surface area contributed by atoms with Crippen LogP contribution in [0, 0.1) is 0 Å². The topological polar surface area (TPSA) is 50.4 Å². The number of amides is 1. The first-order valence-electron chi connectivity index (χ1n) is 7.71. The lowest BCUT2D eigenvalue weighted by Gasteiger charge is -2.08. The molecule has 2 aromatic carbocycles. The van der Waals surface area contributed by atoms with Crippen LogP contribution in [0.4, 0.5) is 0 Å². The molecule has 0 spiro atoms. The molecule has 0 heterocycles. The van der Waals surface area contributed by atoms with Gasteiger partial charge in [-0.3, -0.25) is 10.1 Å². The number of hydrogen-bond acceptors (Lipinski definition) is 3. The second kappa shape index (κ2) is 9.47. The second-order valence-corrected chi connectivity index (χ2v) is 5.40. The molecule has 124 valence electrons. The SMILES string of the molecule is CCOc1ccc(/C=C/C(=O)NC(=S)NCc2ccccc2)cc1. The van der Waals surface area contributed by atoms with E-state index in [1.807, 2.05) is 61.5 Å². The third-order valence-electron chi connectivity index (χ3n) is 3.15. The molecule has 0 saturated heterocycles. The van der Waals surface area contributed by atoms with E-state index >= 15 is 0 Å². The van der Waals surface area contributed by atoms with Crippen LogP contribution in [-0.4, -0.2) is 17.6 Å². The van der Waals surface area contributed by atoms with Gasteiger partial charge in [0.25, 0.3) is 0 Å². The summed E-state index contributed by atoms with van der Waals surface area (Å²) in [5.41, 5.74) is 2.01. The van der Waals surface area contributed by atoms with Gasteiger partial charge in [-0.25, -0.2) is 0 Å². The van der Waals surface area contributed by atoms with Gasteiger partial charge in [0.1, 0.15) is 5.75 Å². The van der Waals surface area contributed by atoms with Gasteiger partial charge < -0.3 is 10.1 Å². The second-order valence-electron chi connectivity index (χ2n) is 4.99. The zero-order chi connectivity index (χ0) is 17.2. The normalized spacial score (nSPS) is 10.4. The molecule has 1 amide bonds. The largest absolute Gasteiger partial charge is 0.494 e. The first-order chi connectivity index (χ1) is 11.7. The monoisotopic (exact) mass is 340 g/mol. The lowest BCUT2D eigenvalue weighted by atomic mass is 10.2. The number of benzene rings is 2. The van der Waals surface area contributed by atoms with E-state index in [9.17, 15) is 4.79 Å². The molecular formula is C19H20N2O2S. The van der Waals surface area contributed by atoms with E-state index in [0.29, 0.717) is 18.3 Å². The molecule has 0 atom stereocenters. The Morgan fingerprint density at radius 1 is 1.12 bits per heavy atom. The van der Waals surface area contributed by atoms with Gasteiger partial charge in [-0.2, -0.15) is 0 Å². The zero-order valence-electron chi connectivity index (χ0n) is 13.5. The maximum absolute atomic E-state index is 11.9. The molecule has 5 heteroatoms. The van der Waals surface area contributed by atoms with E-state index in [0.717, 1.165) is 16.9 Å². The first-order valence-corrected chi connectivity index (χ1v) is 8.12. The highest BCUT2D eigenvalue weighted by Gasteiger charge is 2.01. The van der Waals surface area contributed by atoms with Crippen molar-refractivity contribution in [2.45, 2.75) is 13.5 Å². The first kappa shape index (κ1) is 17.7. The predicted octanol–water partition coefficient (Wildman–Crippen LogP) is 3.29. The molecule has 0 saturated carbocycles. The summed E-state index contributed by atoms with van der Waals surface area (Å²) < 4.78 is 5.37. The molecule has 2 N–H and O–H groups in total. The summed E-state index contributed by atoms with van der Waals surface area (Å²) in [6, 6.07) is 17.4. The molecular weight excluding hydrogens is 320 g/mol. The molecule has 0 aliphatic heterocycles. The summed E-state index contributed by atoms with van der Waals surface area (Å²) >= 11 is 5.11. The van der Waals surface area contributed by atoms with E-state index in [4.69, 9.17) is 17.0 Å². The minimum absolute atomic E-state index is 0.269. The fraction of sp³-hybridized carbons (Fsp3) is 0.158. The van der Waals surface area contributed by atoms with Gasteiger partial charge in [0, 0.05) is 12.6 Å². The van der Waals surface area contributed by atoms with Crippen LogP contribution in [-0.2, 0) is 11.3 Å². The summed E-state index contributed by atoms with van der Waals surface area (Å²) in [5.74, 6) is 0.542. The third-order valence-corrected chi connectivity index (χ3v) is 3.40. The Labute approximate surface area is 147 Å². The summed E-state index contributed by atoms with van der Waals surface area (Å²) in [7, 11) is 0. The van der Waals surface area contributed by atoms with Crippen molar-refractivity contribution in [2.24, 2.45) is 0 Å². The Morgan fingerprint density at radius 2 is 1.83 bits per heavy atom. The predicted molar refractivity (Wildman–Crippen MR) is 101 cm³/mol. The van der Waals surface area contributed by atoms with Crippen molar-refractivity contribution in [3.63, 3.8) is 0 Å². The molecule has 0 bridgehead atoms. The third kappa shape index (κ3) is 6.22. The van der Waals surface area contributed by atoms with E-state index in [-0.39, 0.29) is 5.91 Å². The molecule has 24 heavy (non-hydrogen) atoms. The summed E-state index contributed by atoms with van der Waals surface area (Å²) in [6.07, 6.45) is 3.18. The number of nitrogens with one attached hydrogen (secondary N) is 2. The van der Waals surface area contributed by atoms with E-state index in [1.54, 1.807) is 6.08 Å². The maximum atomic E-state index is 11.9. The Kier molecular flexibility index (Phi) is 6.98. The van der Waals surface area contributed by atoms with Crippen LogP contribution >= 0.6 is 12.2 Å². The standard InChI is InChI=1S/C19H20N2O2S/c1-2-23-17-11-8-15(9-12-17)10-13-18(22)21-19(24)20-14-16-6-4-3-5-7-16/h3-13H,2,14H2,1H3,(H2,20,21,22,24)/b13-10+. The van der Waals surface area contributed by atoms with Gasteiger partial charge >= 0.3 is 0 Å². The molecule has 0 fully saturated rings. The minimum Gasteiger partial charge on any atom is -0.494 e. The number of thiocarbonyl (C=S) groups is 1. The van der Waals surface area contributed by atoms with Crippen molar-refractivity contribution in [3.05, 3.63) is 71.8 Å². The molecule has 0 aromatic heterocycles. The Bertz CT molecular complexity index is 697. The van der Waals surface area contributed by atoms with Crippen LogP contribution < -0.4 is 15.4 Å². The number of carbonyl (C=O) groups is 1. The van der Waals surface area contributed by atoms with Crippen LogP contribution in [0.25, 0.3) is 6.08 Å². The van der Waals surface area contributed by atoms with Gasteiger partial charge in [-0.1, -0.05) is 42.5 Å². The zero-order valence-corrected chi connectivity index (χ0v) is 14.3. The minimum atomic E-state index is -0.269. The lowest BCUT2D eigenvalue weighted by molar-refractivity contribution is -0.115. The van der Waals surface area contributed by atoms with E-state index < -0.39 is 0 Å². The van der Waals surface area contributed by atoms with Gasteiger partial charge in [-0.15, -0.1) is 0 Å². The molecule has 2 rings (SSSR count). The smallest absolute Gasteiger partial charge is 0.250 e. The van der Waals surface area contributed by atoms with Crippen LogP contribution in [0.5, 0.6) is 5.75 Å². The van der Waals surface area contributed by atoms with Gasteiger partial charge in [-0.05, 0) is 48.5 Å². The number of carbonyl (C=O) groups excluding carboxylic acids is 1. The fourth-order valence-electron chi connectivity index (χ4n) is 1.99. The van der Waals surface area contributed by atoms with Crippen molar-refractivity contribution < 1.29 is 9.53 Å². The van der Waals surface area contributed by atoms with Crippen LogP contribution in [0.2, 0.25) is 0 Å². The van der Waals surface area contributed by atoms with Crippen molar-refractivity contribution in [3.8, 4) is 5.75 Å². The summed E-state index contributed by atoms with van der Waals surface area (Å²) in [5, 5.41) is 5.93. The summed E-state index contributed by atoms with van der Waals surface area (Å²) in [4.78, 5) is 11.9. The van der Waals surface area contributed by atoms with Gasteiger partial charge in [0.05, 0.1) is 6.61 Å². The average molecular weight is 340 g/mol. The number of ether oxygens (including phenoxy) is 1. The van der Waals surface area contributed by atoms with Gasteiger partial charge in [0.2, 0.25) is 5.91 Å². The quantitative estimate of drug-likeness (QED) is 0.626. The van der Waals surface area contributed by atoms with Crippen LogP contribution in [0.1, 0.15) is 18.1 Å². The van der Waals surface area contributed by atoms with Crippen molar-refractivity contribution in [1.82, 2.24) is 10.6 Å². The highest BCUT2D eigenvalue weighted by Crippen LogP contribution is 2.12. The van der Waals surface area contributed by atoms with Crippen LogP contribution in [0.3, 0.4) is 0 Å². The lowest BCUT2D eigenvalue weighted by Crippen LogP contribution is -2.37. The Balaban J connectivity index is 1.78.